The fourth-order valence-corrected chi connectivity index (χ4v) is 4.19. The highest BCUT2D eigenvalue weighted by Gasteiger charge is 2.21. The van der Waals surface area contributed by atoms with Gasteiger partial charge in [-0.1, -0.05) is 37.3 Å². The molecule has 3 aromatic rings. The van der Waals surface area contributed by atoms with Crippen LogP contribution in [0.4, 0.5) is 5.69 Å². The van der Waals surface area contributed by atoms with Crippen molar-refractivity contribution in [3.05, 3.63) is 90.0 Å². The van der Waals surface area contributed by atoms with Crippen molar-refractivity contribution < 1.29 is 17.9 Å². The van der Waals surface area contributed by atoms with Gasteiger partial charge >= 0.3 is 0 Å². The quantitative estimate of drug-likeness (QED) is 0.515. The van der Waals surface area contributed by atoms with Crippen LogP contribution in [0.3, 0.4) is 0 Å². The Labute approximate surface area is 183 Å². The second-order valence-electron chi connectivity index (χ2n) is 6.93. The lowest BCUT2D eigenvalue weighted by Crippen LogP contribution is -2.28. The highest BCUT2D eigenvalue weighted by atomic mass is 32.2. The van der Waals surface area contributed by atoms with Gasteiger partial charge in [0.1, 0.15) is 12.4 Å². The van der Waals surface area contributed by atoms with E-state index in [1.165, 1.54) is 16.9 Å². The van der Waals surface area contributed by atoms with Gasteiger partial charge in [-0.15, -0.1) is 0 Å². The predicted octanol–water partition coefficient (Wildman–Crippen LogP) is 3.88. The second-order valence-corrected chi connectivity index (χ2v) is 8.90. The fourth-order valence-electron chi connectivity index (χ4n) is 2.97. The van der Waals surface area contributed by atoms with Crippen LogP contribution in [0.15, 0.2) is 83.8 Å². The lowest BCUT2D eigenvalue weighted by atomic mass is 10.2. The van der Waals surface area contributed by atoms with Crippen LogP contribution >= 0.6 is 0 Å². The Kier molecular flexibility index (Phi) is 7.31. The average molecular weight is 439 g/mol. The SMILES string of the molecule is CCc1ccc(OCCNC(=O)c2ccc(N(C)S(=O)(=O)c3ccccc3)cc2)cc1. The van der Waals surface area contributed by atoms with E-state index in [1.54, 1.807) is 54.6 Å². The zero-order valence-electron chi connectivity index (χ0n) is 17.6. The summed E-state index contributed by atoms with van der Waals surface area (Å²) in [5.74, 6) is 0.517. The summed E-state index contributed by atoms with van der Waals surface area (Å²) in [6.45, 7) is 2.81. The highest BCUT2D eigenvalue weighted by molar-refractivity contribution is 7.92. The molecule has 0 saturated carbocycles. The van der Waals surface area contributed by atoms with Gasteiger partial charge in [-0.3, -0.25) is 9.10 Å². The molecule has 0 aliphatic heterocycles. The maximum absolute atomic E-state index is 12.7. The number of hydrogen-bond donors (Lipinski definition) is 1. The van der Waals surface area contributed by atoms with Crippen molar-refractivity contribution in [2.24, 2.45) is 0 Å². The number of anilines is 1. The lowest BCUT2D eigenvalue weighted by Gasteiger charge is -2.19. The first-order valence-corrected chi connectivity index (χ1v) is 11.5. The van der Waals surface area contributed by atoms with E-state index in [-0.39, 0.29) is 10.8 Å². The van der Waals surface area contributed by atoms with E-state index < -0.39 is 10.0 Å². The van der Waals surface area contributed by atoms with E-state index >= 15 is 0 Å². The van der Waals surface area contributed by atoms with Crippen LogP contribution in [0.25, 0.3) is 0 Å². The maximum Gasteiger partial charge on any atom is 0.264 e. The molecule has 0 radical (unpaired) electrons. The Bertz CT molecular complexity index is 1100. The summed E-state index contributed by atoms with van der Waals surface area (Å²) in [5.41, 5.74) is 2.16. The molecule has 1 N–H and O–H groups in total. The Morgan fingerprint density at radius 2 is 1.58 bits per heavy atom. The normalized spacial score (nSPS) is 11.0. The van der Waals surface area contributed by atoms with Crippen LogP contribution in [0.1, 0.15) is 22.8 Å². The number of ether oxygens (including phenoxy) is 1. The number of aryl methyl sites for hydroxylation is 1. The third-order valence-corrected chi connectivity index (χ3v) is 6.68. The Balaban J connectivity index is 1.53. The average Bonchev–Trinajstić information content (AvgIpc) is 2.82. The topological polar surface area (TPSA) is 75.7 Å². The van der Waals surface area contributed by atoms with E-state index in [0.717, 1.165) is 12.2 Å². The molecular weight excluding hydrogens is 412 g/mol. The lowest BCUT2D eigenvalue weighted by molar-refractivity contribution is 0.0947. The molecule has 0 aliphatic rings. The summed E-state index contributed by atoms with van der Waals surface area (Å²) >= 11 is 0. The van der Waals surface area contributed by atoms with Crippen LogP contribution in [0, 0.1) is 0 Å². The van der Waals surface area contributed by atoms with Crippen LogP contribution in [0.2, 0.25) is 0 Å². The van der Waals surface area contributed by atoms with E-state index in [4.69, 9.17) is 4.74 Å². The molecule has 0 heterocycles. The molecule has 31 heavy (non-hydrogen) atoms. The highest BCUT2D eigenvalue weighted by Crippen LogP contribution is 2.22. The number of hydrogen-bond acceptors (Lipinski definition) is 4. The Hall–Kier alpha value is -3.32. The molecule has 0 unspecified atom stereocenters. The van der Waals surface area contributed by atoms with Crippen molar-refractivity contribution >= 4 is 21.6 Å². The van der Waals surface area contributed by atoms with Crippen LogP contribution in [0.5, 0.6) is 5.75 Å². The largest absolute Gasteiger partial charge is 0.492 e. The van der Waals surface area contributed by atoms with Gasteiger partial charge in [-0.2, -0.15) is 0 Å². The van der Waals surface area contributed by atoms with E-state index in [1.807, 2.05) is 24.3 Å². The summed E-state index contributed by atoms with van der Waals surface area (Å²) < 4.78 is 32.3. The molecule has 7 heteroatoms. The zero-order chi connectivity index (χ0) is 22.3. The first kappa shape index (κ1) is 22.4. The van der Waals surface area contributed by atoms with Crippen molar-refractivity contribution in [1.82, 2.24) is 5.32 Å². The summed E-state index contributed by atoms with van der Waals surface area (Å²) in [5, 5.41) is 2.80. The molecule has 162 valence electrons. The standard InChI is InChI=1S/C24H26N2O4S/c1-3-19-9-15-22(16-10-19)30-18-17-25-24(27)20-11-13-21(14-12-20)26(2)31(28,29)23-7-5-4-6-8-23/h4-16H,3,17-18H2,1-2H3,(H,25,27). The fraction of sp³-hybridized carbons (Fsp3) is 0.208. The van der Waals surface area contributed by atoms with Gasteiger partial charge in [0, 0.05) is 12.6 Å². The number of carbonyl (C=O) groups excluding carboxylic acids is 1. The second kappa shape index (κ2) is 10.1. The number of carbonyl (C=O) groups is 1. The minimum absolute atomic E-state index is 0.212. The van der Waals surface area contributed by atoms with Gasteiger partial charge in [-0.05, 0) is 60.5 Å². The zero-order valence-corrected chi connectivity index (χ0v) is 18.4. The van der Waals surface area contributed by atoms with Crippen molar-refractivity contribution in [1.29, 1.82) is 0 Å². The first-order valence-electron chi connectivity index (χ1n) is 10.1. The van der Waals surface area contributed by atoms with Crippen LogP contribution in [-0.4, -0.2) is 34.5 Å². The molecule has 0 bridgehead atoms. The smallest absolute Gasteiger partial charge is 0.264 e. The van der Waals surface area contributed by atoms with E-state index in [9.17, 15) is 13.2 Å². The summed E-state index contributed by atoms with van der Waals surface area (Å²) in [4.78, 5) is 12.6. The molecule has 0 spiro atoms. The number of nitrogens with zero attached hydrogens (tertiary/aromatic N) is 1. The van der Waals surface area contributed by atoms with Gasteiger partial charge in [0.25, 0.3) is 15.9 Å². The van der Waals surface area contributed by atoms with Gasteiger partial charge in [0.15, 0.2) is 0 Å². The molecule has 1 amide bonds. The first-order chi connectivity index (χ1) is 14.9. The molecule has 0 aliphatic carbocycles. The number of amides is 1. The minimum atomic E-state index is -3.66. The van der Waals surface area contributed by atoms with Crippen LogP contribution in [-0.2, 0) is 16.4 Å². The summed E-state index contributed by atoms with van der Waals surface area (Å²) in [6.07, 6.45) is 0.975. The van der Waals surface area contributed by atoms with Gasteiger partial charge < -0.3 is 10.1 Å². The predicted molar refractivity (Wildman–Crippen MR) is 122 cm³/mol. The molecule has 0 aromatic heterocycles. The molecule has 6 nitrogen and oxygen atoms in total. The number of benzene rings is 3. The van der Waals surface area contributed by atoms with Gasteiger partial charge in [0.2, 0.25) is 0 Å². The summed E-state index contributed by atoms with van der Waals surface area (Å²) in [7, 11) is -2.17. The molecular formula is C24H26N2O4S. The molecule has 0 saturated heterocycles. The molecule has 3 aromatic carbocycles. The maximum atomic E-state index is 12.7. The van der Waals surface area contributed by atoms with Crippen molar-refractivity contribution in [3.63, 3.8) is 0 Å². The van der Waals surface area contributed by atoms with Crippen molar-refractivity contribution in [2.75, 3.05) is 24.5 Å². The Morgan fingerprint density at radius 1 is 0.935 bits per heavy atom. The number of nitrogens with one attached hydrogen (secondary N) is 1. The molecule has 0 fully saturated rings. The molecule has 3 rings (SSSR count). The third kappa shape index (κ3) is 5.64. The monoisotopic (exact) mass is 438 g/mol. The van der Waals surface area contributed by atoms with Gasteiger partial charge in [0.05, 0.1) is 17.1 Å². The Morgan fingerprint density at radius 3 is 2.19 bits per heavy atom. The number of sulfonamides is 1. The van der Waals surface area contributed by atoms with Crippen molar-refractivity contribution in [2.45, 2.75) is 18.2 Å². The third-order valence-electron chi connectivity index (χ3n) is 4.88. The van der Waals surface area contributed by atoms with Gasteiger partial charge in [-0.25, -0.2) is 8.42 Å². The van der Waals surface area contributed by atoms with Crippen molar-refractivity contribution in [3.8, 4) is 5.75 Å². The summed E-state index contributed by atoms with van der Waals surface area (Å²) in [6, 6.07) is 22.5. The van der Waals surface area contributed by atoms with E-state index in [2.05, 4.69) is 12.2 Å². The molecule has 0 atom stereocenters. The van der Waals surface area contributed by atoms with Crippen LogP contribution < -0.4 is 14.4 Å². The number of rotatable bonds is 9. The minimum Gasteiger partial charge on any atom is -0.492 e. The van der Waals surface area contributed by atoms with E-state index in [0.29, 0.717) is 24.4 Å².